The highest BCUT2D eigenvalue weighted by Crippen LogP contribution is 2.02. The molecule has 0 aliphatic carbocycles. The molecular formula is C9H19N3O3. The summed E-state index contributed by atoms with van der Waals surface area (Å²) < 4.78 is 0. The van der Waals surface area contributed by atoms with Crippen LogP contribution in [0.15, 0.2) is 0 Å². The van der Waals surface area contributed by atoms with Crippen LogP contribution in [-0.2, 0) is 4.79 Å². The van der Waals surface area contributed by atoms with Crippen LogP contribution >= 0.6 is 0 Å². The molecule has 0 aromatic carbocycles. The van der Waals surface area contributed by atoms with Crippen LogP contribution in [0.5, 0.6) is 0 Å². The maximum absolute atomic E-state index is 10.9. The predicted molar refractivity (Wildman–Crippen MR) is 56.1 cm³/mol. The van der Waals surface area contributed by atoms with Gasteiger partial charge in [-0.2, -0.15) is 0 Å². The molecule has 1 atom stereocenters. The number of rotatable bonds is 7. The standard InChI is InChI=1S/C9H19N3O3/c1-7(6-13)3-2-4-11-5-8(14)12-9(10)15/h7,11,13H,2-6H2,1H3,(H3,10,12,14,15). The van der Waals surface area contributed by atoms with Crippen molar-refractivity contribution in [1.82, 2.24) is 10.6 Å². The van der Waals surface area contributed by atoms with Crippen LogP contribution in [0.25, 0.3) is 0 Å². The van der Waals surface area contributed by atoms with Crippen molar-refractivity contribution in [3.63, 3.8) is 0 Å². The third-order valence-corrected chi connectivity index (χ3v) is 1.91. The highest BCUT2D eigenvalue weighted by Gasteiger charge is 2.03. The number of aliphatic hydroxyl groups is 1. The lowest BCUT2D eigenvalue weighted by molar-refractivity contribution is -0.119. The van der Waals surface area contributed by atoms with Gasteiger partial charge in [0.15, 0.2) is 0 Å². The number of imide groups is 1. The van der Waals surface area contributed by atoms with Crippen molar-refractivity contribution in [2.24, 2.45) is 11.7 Å². The zero-order valence-corrected chi connectivity index (χ0v) is 8.95. The topological polar surface area (TPSA) is 104 Å². The van der Waals surface area contributed by atoms with Crippen LogP contribution in [0.2, 0.25) is 0 Å². The Labute approximate surface area is 89.2 Å². The van der Waals surface area contributed by atoms with Gasteiger partial charge in [-0.15, -0.1) is 0 Å². The summed E-state index contributed by atoms with van der Waals surface area (Å²) in [5.41, 5.74) is 4.76. The Hall–Kier alpha value is -1.14. The number of urea groups is 1. The summed E-state index contributed by atoms with van der Waals surface area (Å²) in [6.07, 6.45) is 1.78. The molecule has 0 aliphatic heterocycles. The van der Waals surface area contributed by atoms with Crippen molar-refractivity contribution in [1.29, 1.82) is 0 Å². The normalized spacial score (nSPS) is 12.1. The minimum absolute atomic E-state index is 0.0798. The van der Waals surface area contributed by atoms with Crippen LogP contribution in [0.3, 0.4) is 0 Å². The molecule has 0 bridgehead atoms. The summed E-state index contributed by atoms with van der Waals surface area (Å²) in [7, 11) is 0. The molecule has 6 heteroatoms. The van der Waals surface area contributed by atoms with Crippen molar-refractivity contribution < 1.29 is 14.7 Å². The number of nitrogens with one attached hydrogen (secondary N) is 2. The van der Waals surface area contributed by atoms with Gasteiger partial charge >= 0.3 is 6.03 Å². The van der Waals surface area contributed by atoms with Gasteiger partial charge in [-0.25, -0.2) is 4.79 Å². The number of nitrogens with two attached hydrogens (primary N) is 1. The summed E-state index contributed by atoms with van der Waals surface area (Å²) in [6, 6.07) is -0.837. The Kier molecular flexibility index (Phi) is 7.57. The maximum Gasteiger partial charge on any atom is 0.318 e. The second-order valence-electron chi connectivity index (χ2n) is 3.52. The first-order valence-corrected chi connectivity index (χ1v) is 4.97. The lowest BCUT2D eigenvalue weighted by Gasteiger charge is -2.07. The van der Waals surface area contributed by atoms with Gasteiger partial charge < -0.3 is 16.2 Å². The molecule has 0 rings (SSSR count). The minimum atomic E-state index is -0.837. The summed E-state index contributed by atoms with van der Waals surface area (Å²) in [5, 5.41) is 13.6. The van der Waals surface area contributed by atoms with Gasteiger partial charge in [0.25, 0.3) is 0 Å². The molecule has 0 fully saturated rings. The molecule has 15 heavy (non-hydrogen) atoms. The number of primary amides is 1. The lowest BCUT2D eigenvalue weighted by atomic mass is 10.1. The van der Waals surface area contributed by atoms with E-state index in [9.17, 15) is 9.59 Å². The molecule has 6 nitrogen and oxygen atoms in total. The molecule has 0 heterocycles. The highest BCUT2D eigenvalue weighted by molar-refractivity contribution is 5.94. The number of amides is 3. The molecule has 0 aromatic heterocycles. The SMILES string of the molecule is CC(CO)CCCNCC(=O)NC(N)=O. The van der Waals surface area contributed by atoms with E-state index in [2.05, 4.69) is 5.32 Å². The second kappa shape index (κ2) is 8.19. The molecule has 0 aromatic rings. The number of carbonyl (C=O) groups excluding carboxylic acids is 2. The molecule has 0 radical (unpaired) electrons. The largest absolute Gasteiger partial charge is 0.396 e. The average Bonchev–Trinajstić information content (AvgIpc) is 2.15. The average molecular weight is 217 g/mol. The fourth-order valence-electron chi connectivity index (χ4n) is 1.05. The summed E-state index contributed by atoms with van der Waals surface area (Å²) in [4.78, 5) is 21.2. The summed E-state index contributed by atoms with van der Waals surface area (Å²) in [6.45, 7) is 2.90. The quantitative estimate of drug-likeness (QED) is 0.418. The Morgan fingerprint density at radius 1 is 1.47 bits per heavy atom. The molecule has 5 N–H and O–H groups in total. The van der Waals surface area contributed by atoms with Gasteiger partial charge in [0.2, 0.25) is 5.91 Å². The van der Waals surface area contributed by atoms with E-state index in [1.165, 1.54) is 0 Å². The van der Waals surface area contributed by atoms with E-state index in [0.29, 0.717) is 6.54 Å². The van der Waals surface area contributed by atoms with Crippen LogP contribution in [-0.4, -0.2) is 36.7 Å². The third-order valence-electron chi connectivity index (χ3n) is 1.91. The van der Waals surface area contributed by atoms with Gasteiger partial charge in [0.05, 0.1) is 6.54 Å². The first kappa shape index (κ1) is 13.9. The highest BCUT2D eigenvalue weighted by atomic mass is 16.3. The van der Waals surface area contributed by atoms with Crippen LogP contribution in [0.1, 0.15) is 19.8 Å². The fourth-order valence-corrected chi connectivity index (χ4v) is 1.05. The summed E-state index contributed by atoms with van der Waals surface area (Å²) >= 11 is 0. The van der Waals surface area contributed by atoms with E-state index < -0.39 is 11.9 Å². The zero-order chi connectivity index (χ0) is 11.7. The first-order valence-electron chi connectivity index (χ1n) is 4.97. The summed E-state index contributed by atoms with van der Waals surface area (Å²) in [5.74, 6) is -0.149. The van der Waals surface area contributed by atoms with Crippen molar-refractivity contribution in [2.75, 3.05) is 19.7 Å². The second-order valence-corrected chi connectivity index (χ2v) is 3.52. The zero-order valence-electron chi connectivity index (χ0n) is 8.95. The van der Waals surface area contributed by atoms with Gasteiger partial charge in [-0.1, -0.05) is 6.92 Å². The number of hydrogen-bond donors (Lipinski definition) is 4. The Morgan fingerprint density at radius 2 is 2.13 bits per heavy atom. The minimum Gasteiger partial charge on any atom is -0.396 e. The van der Waals surface area contributed by atoms with Crippen molar-refractivity contribution in [3.05, 3.63) is 0 Å². The van der Waals surface area contributed by atoms with Crippen LogP contribution in [0.4, 0.5) is 4.79 Å². The Morgan fingerprint density at radius 3 is 2.67 bits per heavy atom. The van der Waals surface area contributed by atoms with E-state index >= 15 is 0 Å². The predicted octanol–water partition coefficient (Wildman–Crippen LogP) is -0.820. The van der Waals surface area contributed by atoms with E-state index in [4.69, 9.17) is 10.8 Å². The lowest BCUT2D eigenvalue weighted by Crippen LogP contribution is -2.40. The van der Waals surface area contributed by atoms with Crippen LogP contribution in [0, 0.1) is 5.92 Å². The molecule has 3 amide bonds. The third kappa shape index (κ3) is 9.17. The van der Waals surface area contributed by atoms with E-state index in [0.717, 1.165) is 12.8 Å². The van der Waals surface area contributed by atoms with Crippen molar-refractivity contribution in [3.8, 4) is 0 Å². The first-order chi connectivity index (χ1) is 7.06. The molecule has 0 saturated heterocycles. The van der Waals surface area contributed by atoms with Crippen molar-refractivity contribution in [2.45, 2.75) is 19.8 Å². The maximum atomic E-state index is 10.9. The van der Waals surface area contributed by atoms with Gasteiger partial charge in [0.1, 0.15) is 0 Å². The van der Waals surface area contributed by atoms with E-state index in [-0.39, 0.29) is 19.1 Å². The monoisotopic (exact) mass is 217 g/mol. The molecule has 88 valence electrons. The number of carbonyl (C=O) groups is 2. The molecule has 0 saturated carbocycles. The van der Waals surface area contributed by atoms with E-state index in [1.807, 2.05) is 12.2 Å². The van der Waals surface area contributed by atoms with Crippen LogP contribution < -0.4 is 16.4 Å². The van der Waals surface area contributed by atoms with Crippen molar-refractivity contribution >= 4 is 11.9 Å². The Bertz CT molecular complexity index is 209. The van der Waals surface area contributed by atoms with Gasteiger partial charge in [-0.05, 0) is 25.3 Å². The Balaban J connectivity index is 3.31. The number of hydrogen-bond acceptors (Lipinski definition) is 4. The molecular weight excluding hydrogens is 198 g/mol. The fraction of sp³-hybridized carbons (Fsp3) is 0.778. The molecule has 0 aliphatic rings. The van der Waals surface area contributed by atoms with Gasteiger partial charge in [-0.3, -0.25) is 10.1 Å². The molecule has 1 unspecified atom stereocenters. The van der Waals surface area contributed by atoms with E-state index in [1.54, 1.807) is 0 Å². The smallest absolute Gasteiger partial charge is 0.318 e. The number of aliphatic hydroxyl groups excluding tert-OH is 1. The molecule has 0 spiro atoms. The van der Waals surface area contributed by atoms with Gasteiger partial charge in [0, 0.05) is 6.61 Å².